The van der Waals surface area contributed by atoms with Gasteiger partial charge in [0.05, 0.1) is 0 Å². The molecule has 1 aromatic rings. The quantitative estimate of drug-likeness (QED) is 0.684. The highest BCUT2D eigenvalue weighted by molar-refractivity contribution is 9.10. The van der Waals surface area contributed by atoms with Gasteiger partial charge >= 0.3 is 0 Å². The maximum atomic E-state index is 11.9. The van der Waals surface area contributed by atoms with E-state index in [-0.39, 0.29) is 18.3 Å². The summed E-state index contributed by atoms with van der Waals surface area (Å²) >= 11 is 7.14. The molecule has 1 amide bonds. The van der Waals surface area contributed by atoms with Crippen LogP contribution in [0.25, 0.3) is 0 Å². The number of rotatable bonds is 6. The summed E-state index contributed by atoms with van der Waals surface area (Å²) in [6.45, 7) is 3.86. The second-order valence-electron chi connectivity index (χ2n) is 5.12. The minimum absolute atomic E-state index is 0. The van der Waals surface area contributed by atoms with Crippen molar-refractivity contribution in [3.63, 3.8) is 0 Å². The standard InChI is InChI=1S/C15H21BrN2OS2.ClH/c1-11(21-14-4-2-12(16)3-5-14)9-18-15(19)8-13-10-20-7-6-17-13;/h2-5,11,13,17H,6-10H2,1H3,(H,18,19);1H. The van der Waals surface area contributed by atoms with Gasteiger partial charge in [0.2, 0.25) is 5.91 Å². The highest BCUT2D eigenvalue weighted by atomic mass is 79.9. The van der Waals surface area contributed by atoms with Crippen molar-refractivity contribution >= 4 is 57.8 Å². The van der Waals surface area contributed by atoms with Gasteiger partial charge in [0.15, 0.2) is 0 Å². The number of carbonyl (C=O) groups excluding carboxylic acids is 1. The zero-order chi connectivity index (χ0) is 15.1. The van der Waals surface area contributed by atoms with Crippen LogP contribution in [0.1, 0.15) is 13.3 Å². The summed E-state index contributed by atoms with van der Waals surface area (Å²) in [5.41, 5.74) is 0. The number of hydrogen-bond donors (Lipinski definition) is 2. The van der Waals surface area contributed by atoms with Crippen molar-refractivity contribution in [3.05, 3.63) is 28.7 Å². The Morgan fingerprint density at radius 1 is 1.50 bits per heavy atom. The van der Waals surface area contributed by atoms with Crippen LogP contribution in [0.15, 0.2) is 33.6 Å². The lowest BCUT2D eigenvalue weighted by Crippen LogP contribution is -2.42. The Kier molecular flexibility index (Phi) is 9.91. The molecular weight excluding hydrogens is 404 g/mol. The van der Waals surface area contributed by atoms with E-state index in [2.05, 4.69) is 45.6 Å². The molecule has 0 aromatic heterocycles. The molecule has 0 bridgehead atoms. The summed E-state index contributed by atoms with van der Waals surface area (Å²) in [5, 5.41) is 6.80. The van der Waals surface area contributed by atoms with Gasteiger partial charge in [0.25, 0.3) is 0 Å². The van der Waals surface area contributed by atoms with Gasteiger partial charge in [0, 0.05) is 51.7 Å². The number of halogens is 2. The third-order valence-corrected chi connectivity index (χ3v) is 5.94. The monoisotopic (exact) mass is 424 g/mol. The molecule has 2 atom stereocenters. The summed E-state index contributed by atoms with van der Waals surface area (Å²) in [7, 11) is 0. The van der Waals surface area contributed by atoms with Crippen LogP contribution in [-0.2, 0) is 4.79 Å². The van der Waals surface area contributed by atoms with Gasteiger partial charge in [0.1, 0.15) is 0 Å². The summed E-state index contributed by atoms with van der Waals surface area (Å²) in [6.07, 6.45) is 0.586. The summed E-state index contributed by atoms with van der Waals surface area (Å²) in [6, 6.07) is 8.60. The molecule has 1 aromatic carbocycles. The third-order valence-electron chi connectivity index (χ3n) is 3.17. The van der Waals surface area contributed by atoms with Gasteiger partial charge in [-0.3, -0.25) is 4.79 Å². The Bertz CT molecular complexity index is 455. The summed E-state index contributed by atoms with van der Waals surface area (Å²) in [5.74, 6) is 2.34. The topological polar surface area (TPSA) is 41.1 Å². The number of thioether (sulfide) groups is 2. The molecule has 3 nitrogen and oxygen atoms in total. The van der Waals surface area contributed by atoms with Gasteiger partial charge in [-0.15, -0.1) is 24.2 Å². The van der Waals surface area contributed by atoms with E-state index in [1.807, 2.05) is 23.9 Å². The molecule has 0 aliphatic carbocycles. The molecule has 0 radical (unpaired) electrons. The highest BCUT2D eigenvalue weighted by Gasteiger charge is 2.17. The fourth-order valence-corrected chi connectivity index (χ4v) is 4.23. The number of benzene rings is 1. The fraction of sp³-hybridized carbons (Fsp3) is 0.533. The summed E-state index contributed by atoms with van der Waals surface area (Å²) < 4.78 is 1.09. The van der Waals surface area contributed by atoms with E-state index in [1.54, 1.807) is 11.8 Å². The fourth-order valence-electron chi connectivity index (χ4n) is 2.09. The predicted octanol–water partition coefficient (Wildman–Crippen LogP) is 3.56. The Hall–Kier alpha value is 0.120. The maximum absolute atomic E-state index is 11.9. The van der Waals surface area contributed by atoms with E-state index in [0.29, 0.717) is 24.3 Å². The van der Waals surface area contributed by atoms with Crippen molar-refractivity contribution in [2.45, 2.75) is 29.5 Å². The van der Waals surface area contributed by atoms with Crippen molar-refractivity contribution < 1.29 is 4.79 Å². The van der Waals surface area contributed by atoms with Crippen LogP contribution in [0.4, 0.5) is 0 Å². The molecular formula is C15H22BrClN2OS2. The van der Waals surface area contributed by atoms with E-state index in [0.717, 1.165) is 22.5 Å². The van der Waals surface area contributed by atoms with Crippen LogP contribution in [0.3, 0.4) is 0 Å². The smallest absolute Gasteiger partial charge is 0.221 e. The SMILES string of the molecule is CC(CNC(=O)CC1CSCCN1)Sc1ccc(Br)cc1.Cl. The van der Waals surface area contributed by atoms with Crippen LogP contribution < -0.4 is 10.6 Å². The molecule has 1 aliphatic heterocycles. The normalized spacial score (nSPS) is 19.1. The zero-order valence-electron chi connectivity index (χ0n) is 12.5. The van der Waals surface area contributed by atoms with Gasteiger partial charge in [-0.05, 0) is 24.3 Å². The first-order valence-corrected chi connectivity index (χ1v) is 9.96. The second-order valence-corrected chi connectivity index (χ2v) is 8.69. The van der Waals surface area contributed by atoms with Gasteiger partial charge < -0.3 is 10.6 Å². The molecule has 22 heavy (non-hydrogen) atoms. The van der Waals surface area contributed by atoms with Crippen molar-refractivity contribution in [2.24, 2.45) is 0 Å². The van der Waals surface area contributed by atoms with E-state index in [1.165, 1.54) is 4.90 Å². The summed E-state index contributed by atoms with van der Waals surface area (Å²) in [4.78, 5) is 13.2. The Labute approximate surface area is 155 Å². The van der Waals surface area contributed by atoms with Gasteiger partial charge in [-0.2, -0.15) is 11.8 Å². The molecule has 2 unspecified atom stereocenters. The number of amides is 1. The minimum atomic E-state index is 0. The first kappa shape index (κ1) is 20.2. The Balaban J connectivity index is 0.00000242. The Morgan fingerprint density at radius 2 is 2.23 bits per heavy atom. The first-order valence-electron chi connectivity index (χ1n) is 7.13. The van der Waals surface area contributed by atoms with E-state index < -0.39 is 0 Å². The molecule has 7 heteroatoms. The Morgan fingerprint density at radius 3 is 2.86 bits per heavy atom. The molecule has 0 spiro atoms. The molecule has 124 valence electrons. The van der Waals surface area contributed by atoms with Gasteiger partial charge in [-0.1, -0.05) is 22.9 Å². The van der Waals surface area contributed by atoms with E-state index >= 15 is 0 Å². The zero-order valence-corrected chi connectivity index (χ0v) is 16.5. The number of carbonyl (C=O) groups is 1. The highest BCUT2D eigenvalue weighted by Crippen LogP contribution is 2.24. The molecule has 1 saturated heterocycles. The second kappa shape index (κ2) is 10.8. The average molecular weight is 426 g/mol. The van der Waals surface area contributed by atoms with Crippen LogP contribution in [0.5, 0.6) is 0 Å². The molecule has 2 N–H and O–H groups in total. The van der Waals surface area contributed by atoms with Crippen molar-refractivity contribution in [3.8, 4) is 0 Å². The minimum Gasteiger partial charge on any atom is -0.355 e. The molecule has 0 saturated carbocycles. The molecule has 1 heterocycles. The van der Waals surface area contributed by atoms with E-state index in [9.17, 15) is 4.79 Å². The van der Waals surface area contributed by atoms with E-state index in [4.69, 9.17) is 0 Å². The number of hydrogen-bond acceptors (Lipinski definition) is 4. The first-order chi connectivity index (χ1) is 10.1. The predicted molar refractivity (Wildman–Crippen MR) is 103 cm³/mol. The van der Waals surface area contributed by atoms with Crippen LogP contribution in [0, 0.1) is 0 Å². The van der Waals surface area contributed by atoms with Crippen molar-refractivity contribution in [1.29, 1.82) is 0 Å². The largest absolute Gasteiger partial charge is 0.355 e. The maximum Gasteiger partial charge on any atom is 0.221 e. The van der Waals surface area contributed by atoms with Gasteiger partial charge in [-0.25, -0.2) is 0 Å². The van der Waals surface area contributed by atoms with Crippen LogP contribution in [-0.4, -0.2) is 41.8 Å². The molecule has 1 fully saturated rings. The third kappa shape index (κ3) is 7.59. The lowest BCUT2D eigenvalue weighted by atomic mass is 10.2. The van der Waals surface area contributed by atoms with Crippen molar-refractivity contribution in [1.82, 2.24) is 10.6 Å². The van der Waals surface area contributed by atoms with Crippen molar-refractivity contribution in [2.75, 3.05) is 24.6 Å². The lowest BCUT2D eigenvalue weighted by molar-refractivity contribution is -0.121. The molecule has 2 rings (SSSR count). The van der Waals surface area contributed by atoms with Crippen LogP contribution >= 0.6 is 51.9 Å². The average Bonchev–Trinajstić information content (AvgIpc) is 2.49. The molecule has 1 aliphatic rings. The number of nitrogens with one attached hydrogen (secondary N) is 2. The van der Waals surface area contributed by atoms with Crippen LogP contribution in [0.2, 0.25) is 0 Å². The lowest BCUT2D eigenvalue weighted by Gasteiger charge is -2.22.